The first-order valence-corrected chi connectivity index (χ1v) is 8.47. The fraction of sp³-hybridized carbons (Fsp3) is 0.421. The monoisotopic (exact) mass is 343 g/mol. The van der Waals surface area contributed by atoms with Crippen LogP contribution < -0.4 is 0 Å². The van der Waals surface area contributed by atoms with E-state index in [9.17, 15) is 9.18 Å². The molecule has 1 aromatic heterocycles. The first-order chi connectivity index (χ1) is 12.1. The Kier molecular flexibility index (Phi) is 5.71. The number of amides is 1. The Morgan fingerprint density at radius 2 is 2.24 bits per heavy atom. The topological polar surface area (TPSA) is 55.3 Å². The molecule has 2 aromatic rings. The van der Waals surface area contributed by atoms with E-state index in [0.717, 1.165) is 17.8 Å². The number of aryl methyl sites for hydroxylation is 1. The van der Waals surface area contributed by atoms with Gasteiger partial charge in [-0.15, -0.1) is 0 Å². The summed E-state index contributed by atoms with van der Waals surface area (Å²) in [6, 6.07) is 8.16. The zero-order chi connectivity index (χ0) is 17.6. The van der Waals surface area contributed by atoms with Crippen molar-refractivity contribution in [2.24, 2.45) is 5.92 Å². The van der Waals surface area contributed by atoms with Crippen molar-refractivity contribution in [3.05, 3.63) is 59.4 Å². The number of hydrogen-bond acceptors (Lipinski definition) is 4. The molecule has 0 N–H and O–H groups in total. The molecule has 1 saturated heterocycles. The SMILES string of the molecule is Cc1cc(C[C@H]2COCCN(C(=O)Cc3cccc(F)c3)C2)ncn1. The maximum Gasteiger partial charge on any atom is 0.227 e. The molecule has 0 saturated carbocycles. The average molecular weight is 343 g/mol. The second-order valence-corrected chi connectivity index (χ2v) is 6.44. The van der Waals surface area contributed by atoms with Crippen molar-refractivity contribution in [2.45, 2.75) is 19.8 Å². The van der Waals surface area contributed by atoms with Gasteiger partial charge in [-0.25, -0.2) is 14.4 Å². The van der Waals surface area contributed by atoms with Gasteiger partial charge in [0.2, 0.25) is 5.91 Å². The van der Waals surface area contributed by atoms with Crippen LogP contribution in [-0.2, 0) is 22.4 Å². The standard InChI is InChI=1S/C19H22FN3O2/c1-14-7-18(22-13-21-14)9-16-11-23(5-6-25-12-16)19(24)10-15-3-2-4-17(20)8-15/h2-4,7-8,13,16H,5-6,9-12H2,1H3/t16-/m1/s1. The molecule has 1 aromatic carbocycles. The third kappa shape index (κ3) is 5.06. The lowest BCUT2D eigenvalue weighted by molar-refractivity contribution is -0.130. The van der Waals surface area contributed by atoms with Gasteiger partial charge in [0.05, 0.1) is 19.6 Å². The van der Waals surface area contributed by atoms with Crippen LogP contribution in [0.5, 0.6) is 0 Å². The van der Waals surface area contributed by atoms with Crippen molar-refractivity contribution in [2.75, 3.05) is 26.3 Å². The molecule has 6 heteroatoms. The molecule has 1 atom stereocenters. The van der Waals surface area contributed by atoms with Crippen molar-refractivity contribution in [3.63, 3.8) is 0 Å². The van der Waals surface area contributed by atoms with Crippen LogP contribution in [-0.4, -0.2) is 47.1 Å². The van der Waals surface area contributed by atoms with E-state index in [1.807, 2.05) is 17.9 Å². The summed E-state index contributed by atoms with van der Waals surface area (Å²) in [6.45, 7) is 4.25. The van der Waals surface area contributed by atoms with Crippen LogP contribution in [0.2, 0.25) is 0 Å². The Morgan fingerprint density at radius 3 is 3.04 bits per heavy atom. The third-order valence-electron chi connectivity index (χ3n) is 4.29. The molecule has 0 radical (unpaired) electrons. The van der Waals surface area contributed by atoms with Gasteiger partial charge >= 0.3 is 0 Å². The molecular weight excluding hydrogens is 321 g/mol. The minimum Gasteiger partial charge on any atom is -0.379 e. The zero-order valence-electron chi connectivity index (χ0n) is 14.3. The van der Waals surface area contributed by atoms with E-state index in [1.165, 1.54) is 12.1 Å². The second kappa shape index (κ2) is 8.16. The van der Waals surface area contributed by atoms with Crippen molar-refractivity contribution in [1.82, 2.24) is 14.9 Å². The lowest BCUT2D eigenvalue weighted by Gasteiger charge is -2.23. The predicted molar refractivity (Wildman–Crippen MR) is 91.5 cm³/mol. The number of benzene rings is 1. The summed E-state index contributed by atoms with van der Waals surface area (Å²) in [4.78, 5) is 22.8. The maximum absolute atomic E-state index is 13.3. The largest absolute Gasteiger partial charge is 0.379 e. The van der Waals surface area contributed by atoms with Gasteiger partial charge in [0.1, 0.15) is 12.1 Å². The van der Waals surface area contributed by atoms with E-state index in [-0.39, 0.29) is 24.1 Å². The van der Waals surface area contributed by atoms with Crippen molar-refractivity contribution in [1.29, 1.82) is 0 Å². The van der Waals surface area contributed by atoms with E-state index < -0.39 is 0 Å². The molecule has 0 spiro atoms. The molecule has 1 fully saturated rings. The normalized spacial score (nSPS) is 18.0. The Hall–Kier alpha value is -2.34. The molecule has 0 bridgehead atoms. The molecule has 5 nitrogen and oxygen atoms in total. The highest BCUT2D eigenvalue weighted by Gasteiger charge is 2.23. The zero-order valence-corrected chi connectivity index (χ0v) is 14.3. The number of ether oxygens (including phenoxy) is 1. The second-order valence-electron chi connectivity index (χ2n) is 6.44. The first kappa shape index (κ1) is 17.5. The molecule has 1 amide bonds. The van der Waals surface area contributed by atoms with Crippen LogP contribution in [0.3, 0.4) is 0 Å². The van der Waals surface area contributed by atoms with Crippen LogP contribution in [0.1, 0.15) is 17.0 Å². The van der Waals surface area contributed by atoms with E-state index in [2.05, 4.69) is 9.97 Å². The minimum atomic E-state index is -0.318. The van der Waals surface area contributed by atoms with Crippen LogP contribution in [0.4, 0.5) is 4.39 Å². The Bertz CT molecular complexity index is 738. The number of aromatic nitrogens is 2. The fourth-order valence-corrected chi connectivity index (χ4v) is 3.08. The molecule has 2 heterocycles. The Balaban J connectivity index is 1.63. The Morgan fingerprint density at radius 1 is 1.36 bits per heavy atom. The molecule has 1 aliphatic heterocycles. The minimum absolute atomic E-state index is 0.0000296. The summed E-state index contributed by atoms with van der Waals surface area (Å²) in [5, 5.41) is 0. The molecule has 1 aliphatic rings. The number of carbonyl (C=O) groups excluding carboxylic acids is 1. The van der Waals surface area contributed by atoms with E-state index in [1.54, 1.807) is 18.5 Å². The van der Waals surface area contributed by atoms with E-state index >= 15 is 0 Å². The lowest BCUT2D eigenvalue weighted by atomic mass is 10.0. The summed E-state index contributed by atoms with van der Waals surface area (Å²) in [7, 11) is 0. The molecule has 25 heavy (non-hydrogen) atoms. The average Bonchev–Trinajstić information content (AvgIpc) is 2.80. The van der Waals surface area contributed by atoms with Crippen LogP contribution in [0.15, 0.2) is 36.7 Å². The maximum atomic E-state index is 13.3. The quantitative estimate of drug-likeness (QED) is 0.854. The fourth-order valence-electron chi connectivity index (χ4n) is 3.08. The number of halogens is 1. The highest BCUT2D eigenvalue weighted by Crippen LogP contribution is 2.15. The first-order valence-electron chi connectivity index (χ1n) is 8.47. The van der Waals surface area contributed by atoms with Crippen molar-refractivity contribution in [3.8, 4) is 0 Å². The van der Waals surface area contributed by atoms with Crippen molar-refractivity contribution < 1.29 is 13.9 Å². The summed E-state index contributed by atoms with van der Waals surface area (Å²) in [5.41, 5.74) is 2.58. The van der Waals surface area contributed by atoms with Gasteiger partial charge in [0.25, 0.3) is 0 Å². The lowest BCUT2D eigenvalue weighted by Crippen LogP contribution is -2.37. The highest BCUT2D eigenvalue weighted by atomic mass is 19.1. The summed E-state index contributed by atoms with van der Waals surface area (Å²) < 4.78 is 19.0. The molecule has 0 aliphatic carbocycles. The highest BCUT2D eigenvalue weighted by molar-refractivity contribution is 5.78. The summed E-state index contributed by atoms with van der Waals surface area (Å²) in [5.74, 6) is -0.130. The summed E-state index contributed by atoms with van der Waals surface area (Å²) >= 11 is 0. The van der Waals surface area contributed by atoms with Crippen LogP contribution in [0, 0.1) is 18.7 Å². The Labute approximate surface area is 146 Å². The van der Waals surface area contributed by atoms with Gasteiger partial charge in [0, 0.05) is 30.4 Å². The predicted octanol–water partition coefficient (Wildman–Crippen LogP) is 2.18. The molecule has 132 valence electrons. The number of hydrogen-bond donors (Lipinski definition) is 0. The van der Waals surface area contributed by atoms with Gasteiger partial charge in [-0.3, -0.25) is 4.79 Å². The van der Waals surface area contributed by atoms with Crippen LogP contribution >= 0.6 is 0 Å². The van der Waals surface area contributed by atoms with Gasteiger partial charge in [0.15, 0.2) is 0 Å². The molecule has 0 unspecified atom stereocenters. The van der Waals surface area contributed by atoms with Crippen LogP contribution in [0.25, 0.3) is 0 Å². The molecular formula is C19H22FN3O2. The number of rotatable bonds is 4. The molecule has 3 rings (SSSR count). The van der Waals surface area contributed by atoms with Gasteiger partial charge in [-0.1, -0.05) is 12.1 Å². The summed E-state index contributed by atoms with van der Waals surface area (Å²) in [6.07, 6.45) is 2.51. The third-order valence-corrected chi connectivity index (χ3v) is 4.29. The van der Waals surface area contributed by atoms with E-state index in [4.69, 9.17) is 4.74 Å². The van der Waals surface area contributed by atoms with Crippen molar-refractivity contribution >= 4 is 5.91 Å². The van der Waals surface area contributed by atoms with Gasteiger partial charge in [-0.2, -0.15) is 0 Å². The van der Waals surface area contributed by atoms with Gasteiger partial charge in [-0.05, 0) is 37.1 Å². The number of nitrogens with zero attached hydrogens (tertiary/aromatic N) is 3. The smallest absolute Gasteiger partial charge is 0.227 e. The number of carbonyl (C=O) groups is 1. The van der Waals surface area contributed by atoms with Gasteiger partial charge < -0.3 is 9.64 Å². The van der Waals surface area contributed by atoms with E-state index in [0.29, 0.717) is 31.9 Å².